The molecule has 1 atom stereocenters. The van der Waals surface area contributed by atoms with Gasteiger partial charge in [-0.1, -0.05) is 23.7 Å². The van der Waals surface area contributed by atoms with Gasteiger partial charge in [-0.2, -0.15) is 13.2 Å². The molecule has 112 valence electrons. The van der Waals surface area contributed by atoms with Crippen LogP contribution in [0.15, 0.2) is 29.7 Å². The second-order valence-corrected chi connectivity index (χ2v) is 5.89. The lowest BCUT2D eigenvalue weighted by molar-refractivity contribution is -0.200. The first-order chi connectivity index (χ1) is 9.10. The average molecular weight is 330 g/mol. The number of benzene rings is 1. The Balaban J connectivity index is 2.64. The van der Waals surface area contributed by atoms with E-state index in [1.807, 2.05) is 0 Å². The first-order valence-electron chi connectivity index (χ1n) is 5.28. The highest BCUT2D eigenvalue weighted by Gasteiger charge is 2.38. The Kier molecular flexibility index (Phi) is 5.58. The predicted octanol–water partition coefficient (Wildman–Crippen LogP) is 2.15. The van der Waals surface area contributed by atoms with E-state index in [2.05, 4.69) is 0 Å². The molecule has 0 amide bonds. The molecule has 0 aliphatic carbocycles. The summed E-state index contributed by atoms with van der Waals surface area (Å²) >= 11 is 5.64. The normalized spacial score (nSPS) is 14.7. The molecule has 9 heteroatoms. The zero-order valence-corrected chi connectivity index (χ0v) is 11.5. The lowest BCUT2D eigenvalue weighted by Crippen LogP contribution is -2.40. The highest BCUT2D eigenvalue weighted by atomic mass is 35.5. The van der Waals surface area contributed by atoms with Crippen molar-refractivity contribution >= 4 is 27.7 Å². The summed E-state index contributed by atoms with van der Waals surface area (Å²) in [5, 5.41) is 9.85. The van der Waals surface area contributed by atoms with E-state index in [-0.39, 0.29) is 0 Å². The van der Waals surface area contributed by atoms with Gasteiger partial charge in [0.25, 0.3) is 0 Å². The zero-order valence-electron chi connectivity index (χ0n) is 9.93. The minimum Gasteiger partial charge on any atom is -0.382 e. The van der Waals surface area contributed by atoms with Crippen LogP contribution in [-0.4, -0.2) is 32.3 Å². The first kappa shape index (κ1) is 17.0. The molecule has 0 bridgehead atoms. The van der Waals surface area contributed by atoms with Crippen molar-refractivity contribution in [1.82, 2.24) is 4.72 Å². The summed E-state index contributed by atoms with van der Waals surface area (Å²) in [7, 11) is -4.07. The molecule has 0 saturated carbocycles. The van der Waals surface area contributed by atoms with Gasteiger partial charge in [-0.3, -0.25) is 0 Å². The molecule has 0 aliphatic heterocycles. The number of sulfonamides is 1. The summed E-state index contributed by atoms with van der Waals surface area (Å²) in [5.41, 5.74) is 0.510. The molecule has 0 aliphatic rings. The Bertz CT molecular complexity index is 570. The van der Waals surface area contributed by atoms with Crippen LogP contribution in [0, 0.1) is 0 Å². The van der Waals surface area contributed by atoms with Gasteiger partial charge in [-0.05, 0) is 23.8 Å². The summed E-state index contributed by atoms with van der Waals surface area (Å²) in [6.45, 7) is -1.14. The van der Waals surface area contributed by atoms with E-state index >= 15 is 0 Å². The van der Waals surface area contributed by atoms with Crippen LogP contribution in [0.4, 0.5) is 13.2 Å². The topological polar surface area (TPSA) is 66.4 Å². The van der Waals surface area contributed by atoms with Gasteiger partial charge in [0, 0.05) is 17.0 Å². The van der Waals surface area contributed by atoms with E-state index in [1.54, 1.807) is 16.9 Å². The first-order valence-corrected chi connectivity index (χ1v) is 7.21. The fourth-order valence-electron chi connectivity index (χ4n) is 1.10. The van der Waals surface area contributed by atoms with Crippen LogP contribution >= 0.6 is 11.6 Å². The number of nitrogens with one attached hydrogen (secondary N) is 1. The Morgan fingerprint density at radius 2 is 1.85 bits per heavy atom. The van der Waals surface area contributed by atoms with Crippen LogP contribution in [-0.2, 0) is 10.0 Å². The molecule has 2 N–H and O–H groups in total. The number of aliphatic hydroxyl groups is 1. The van der Waals surface area contributed by atoms with Crippen molar-refractivity contribution < 1.29 is 26.7 Å². The number of hydrogen-bond acceptors (Lipinski definition) is 3. The summed E-state index contributed by atoms with van der Waals surface area (Å²) in [5.74, 6) is 0. The van der Waals surface area contributed by atoms with Crippen LogP contribution in [0.3, 0.4) is 0 Å². The van der Waals surface area contributed by atoms with Crippen molar-refractivity contribution in [2.45, 2.75) is 12.3 Å². The van der Waals surface area contributed by atoms with Gasteiger partial charge in [-0.25, -0.2) is 13.1 Å². The van der Waals surface area contributed by atoms with Gasteiger partial charge in [0.15, 0.2) is 6.10 Å². The highest BCUT2D eigenvalue weighted by Crippen LogP contribution is 2.19. The molecule has 0 radical (unpaired) electrons. The van der Waals surface area contributed by atoms with Crippen LogP contribution in [0.5, 0.6) is 0 Å². The summed E-state index contributed by atoms with van der Waals surface area (Å²) in [6, 6.07) is 6.15. The molecule has 4 nitrogen and oxygen atoms in total. The van der Waals surface area contributed by atoms with Crippen molar-refractivity contribution in [3.63, 3.8) is 0 Å². The molecule has 0 heterocycles. The standard InChI is InChI=1S/C11H11ClF3NO3S/c12-9-3-1-8(2-4-9)5-6-20(18,19)16-7-10(17)11(13,14)15/h1-6,10,16-17H,7H2/b6-5+. The van der Waals surface area contributed by atoms with E-state index in [0.29, 0.717) is 16.0 Å². The number of aliphatic hydroxyl groups excluding tert-OH is 1. The third-order valence-corrected chi connectivity index (χ3v) is 3.48. The van der Waals surface area contributed by atoms with Gasteiger partial charge in [0.05, 0.1) is 0 Å². The average Bonchev–Trinajstić information content (AvgIpc) is 2.34. The lowest BCUT2D eigenvalue weighted by Gasteiger charge is -2.14. The van der Waals surface area contributed by atoms with E-state index in [1.165, 1.54) is 18.2 Å². The van der Waals surface area contributed by atoms with Crippen LogP contribution in [0.1, 0.15) is 5.56 Å². The number of hydrogen-bond donors (Lipinski definition) is 2. The van der Waals surface area contributed by atoms with Crippen molar-refractivity contribution in [2.24, 2.45) is 0 Å². The van der Waals surface area contributed by atoms with Crippen LogP contribution < -0.4 is 4.72 Å². The number of alkyl halides is 3. The molecule has 1 aromatic carbocycles. The molecule has 0 fully saturated rings. The highest BCUT2D eigenvalue weighted by molar-refractivity contribution is 7.92. The molecule has 0 spiro atoms. The van der Waals surface area contributed by atoms with E-state index in [9.17, 15) is 21.6 Å². The monoisotopic (exact) mass is 329 g/mol. The second-order valence-electron chi connectivity index (χ2n) is 3.81. The molecule has 1 rings (SSSR count). The fourth-order valence-corrected chi connectivity index (χ4v) is 2.05. The molecule has 0 saturated heterocycles. The molecule has 1 aromatic rings. The Labute approximate surface area is 118 Å². The number of halogens is 4. The van der Waals surface area contributed by atoms with Gasteiger partial charge in [0.2, 0.25) is 10.0 Å². The van der Waals surface area contributed by atoms with Gasteiger partial charge in [-0.15, -0.1) is 0 Å². The maximum absolute atomic E-state index is 12.0. The summed E-state index contributed by atoms with van der Waals surface area (Å²) in [6.07, 6.45) is -6.43. The molecule has 0 aromatic heterocycles. The summed E-state index contributed by atoms with van der Waals surface area (Å²) in [4.78, 5) is 0. The fraction of sp³-hybridized carbons (Fsp3) is 0.273. The van der Waals surface area contributed by atoms with Crippen LogP contribution in [0.2, 0.25) is 5.02 Å². The minimum atomic E-state index is -4.87. The van der Waals surface area contributed by atoms with E-state index in [4.69, 9.17) is 16.7 Å². The zero-order chi connectivity index (χ0) is 15.4. The van der Waals surface area contributed by atoms with E-state index < -0.39 is 28.8 Å². The SMILES string of the molecule is O=S(=O)(/C=C/c1ccc(Cl)cc1)NCC(O)C(F)(F)F. The third kappa shape index (κ3) is 5.91. The Hall–Kier alpha value is -1.09. The largest absolute Gasteiger partial charge is 0.415 e. The summed E-state index contributed by atoms with van der Waals surface area (Å²) < 4.78 is 60.4. The van der Waals surface area contributed by atoms with Crippen molar-refractivity contribution in [2.75, 3.05) is 6.54 Å². The van der Waals surface area contributed by atoms with Crippen LogP contribution in [0.25, 0.3) is 6.08 Å². The lowest BCUT2D eigenvalue weighted by atomic mass is 10.2. The van der Waals surface area contributed by atoms with Crippen molar-refractivity contribution in [1.29, 1.82) is 0 Å². The minimum absolute atomic E-state index is 0.469. The van der Waals surface area contributed by atoms with Gasteiger partial charge in [0.1, 0.15) is 0 Å². The predicted molar refractivity (Wildman–Crippen MR) is 69.5 cm³/mol. The van der Waals surface area contributed by atoms with Crippen molar-refractivity contribution in [3.05, 3.63) is 40.3 Å². The molecule has 20 heavy (non-hydrogen) atoms. The Morgan fingerprint density at radius 1 is 1.30 bits per heavy atom. The Morgan fingerprint density at radius 3 is 2.35 bits per heavy atom. The molecular formula is C11H11ClF3NO3S. The molecular weight excluding hydrogens is 319 g/mol. The van der Waals surface area contributed by atoms with Crippen molar-refractivity contribution in [3.8, 4) is 0 Å². The smallest absolute Gasteiger partial charge is 0.382 e. The van der Waals surface area contributed by atoms with E-state index in [0.717, 1.165) is 0 Å². The second kappa shape index (κ2) is 6.57. The maximum Gasteiger partial charge on any atom is 0.415 e. The molecule has 1 unspecified atom stereocenters. The number of rotatable bonds is 5. The third-order valence-electron chi connectivity index (χ3n) is 2.17. The quantitative estimate of drug-likeness (QED) is 0.870. The van der Waals surface area contributed by atoms with Gasteiger partial charge < -0.3 is 5.11 Å². The maximum atomic E-state index is 12.0. The van der Waals surface area contributed by atoms with Gasteiger partial charge >= 0.3 is 6.18 Å².